The van der Waals surface area contributed by atoms with Crippen LogP contribution in [0.5, 0.6) is 11.6 Å². The Balaban J connectivity index is 0.967. The van der Waals surface area contributed by atoms with Crippen LogP contribution in [0, 0.1) is 16.7 Å². The number of piperazine rings is 1. The number of nitrogens with zero attached hydrogens (tertiary/aromatic N) is 8. The van der Waals surface area contributed by atoms with Crippen LogP contribution in [-0.2, 0) is 6.42 Å². The molecule has 45 heavy (non-hydrogen) atoms. The molecule has 6 fully saturated rings. The van der Waals surface area contributed by atoms with Gasteiger partial charge in [0.2, 0.25) is 5.88 Å². The van der Waals surface area contributed by atoms with Gasteiger partial charge >= 0.3 is 0 Å². The van der Waals surface area contributed by atoms with Gasteiger partial charge in [0.05, 0.1) is 30.6 Å². The molecule has 9 heterocycles. The molecule has 5 aliphatic heterocycles. The number of methoxy groups -OCH3 is 1. The second kappa shape index (κ2) is 11.0. The summed E-state index contributed by atoms with van der Waals surface area (Å²) in [5.74, 6) is 2.43. The number of likely N-dealkylation sites (N-methyl/N-ethyl adjacent to an activating group) is 1. The van der Waals surface area contributed by atoms with E-state index in [0.717, 1.165) is 67.1 Å². The molecule has 6 aliphatic rings. The Morgan fingerprint density at radius 2 is 1.80 bits per heavy atom. The van der Waals surface area contributed by atoms with Gasteiger partial charge in [-0.2, -0.15) is 10.4 Å². The molecule has 0 radical (unpaired) electrons. The number of nitriles is 1. The van der Waals surface area contributed by atoms with Gasteiger partial charge < -0.3 is 14.4 Å². The average molecular weight is 605 g/mol. The lowest BCUT2D eigenvalue weighted by atomic mass is 9.63. The number of hydrogen-bond acceptors (Lipinski definition) is 9. The third-order valence-electron chi connectivity index (χ3n) is 10.8. The van der Waals surface area contributed by atoms with Crippen LogP contribution >= 0.6 is 0 Å². The minimum absolute atomic E-state index is 0.243. The van der Waals surface area contributed by atoms with E-state index in [-0.39, 0.29) is 5.41 Å². The zero-order chi connectivity index (χ0) is 30.7. The second-order valence-electron chi connectivity index (χ2n) is 13.8. The van der Waals surface area contributed by atoms with Crippen LogP contribution in [0.2, 0.25) is 0 Å². The number of ether oxygens (including phenoxy) is 2. The minimum Gasteiger partial charge on any atom is -0.491 e. The third-order valence-corrected chi connectivity index (χ3v) is 10.8. The predicted octanol–water partition coefficient (Wildman–Crippen LogP) is 4.43. The lowest BCUT2D eigenvalue weighted by molar-refractivity contribution is -0.0529. The Hall–Kier alpha value is -4.20. The zero-order valence-corrected chi connectivity index (χ0v) is 26.3. The van der Waals surface area contributed by atoms with E-state index in [1.165, 1.54) is 18.4 Å². The van der Waals surface area contributed by atoms with Gasteiger partial charge in [0.25, 0.3) is 0 Å². The Morgan fingerprint density at radius 3 is 2.47 bits per heavy atom. The summed E-state index contributed by atoms with van der Waals surface area (Å²) in [4.78, 5) is 16.9. The van der Waals surface area contributed by atoms with E-state index in [2.05, 4.69) is 63.0 Å². The maximum absolute atomic E-state index is 9.83. The first-order valence-electron chi connectivity index (χ1n) is 16.1. The number of pyridine rings is 3. The predicted molar refractivity (Wildman–Crippen MR) is 172 cm³/mol. The average Bonchev–Trinajstić information content (AvgIpc) is 3.48. The topological polar surface area (TPSA) is 95.1 Å². The fourth-order valence-electron chi connectivity index (χ4n) is 8.47. The number of hydrogen-bond donors (Lipinski definition) is 0. The lowest BCUT2D eigenvalue weighted by Crippen LogP contribution is -2.67. The fourth-order valence-corrected chi connectivity index (χ4v) is 8.47. The number of anilines is 1. The molecule has 4 unspecified atom stereocenters. The van der Waals surface area contributed by atoms with Gasteiger partial charge in [0, 0.05) is 73.4 Å². The van der Waals surface area contributed by atoms with E-state index < -0.39 is 0 Å². The van der Waals surface area contributed by atoms with Crippen LogP contribution in [0.15, 0.2) is 55.1 Å². The maximum Gasteiger partial charge on any atom is 0.212 e. The molecule has 4 bridgehead atoms. The first-order chi connectivity index (χ1) is 21.9. The highest BCUT2D eigenvalue weighted by molar-refractivity contribution is 5.85. The molecular weight excluding hydrogens is 564 g/mol. The van der Waals surface area contributed by atoms with Crippen molar-refractivity contribution in [3.05, 3.63) is 66.2 Å². The molecule has 10 heteroatoms. The minimum atomic E-state index is 0.243. The van der Waals surface area contributed by atoms with Gasteiger partial charge in [-0.25, -0.2) is 14.5 Å². The number of fused-ring (bicyclic) bond motifs is 5. The fraction of sp³-hybridized carbons (Fsp3) is 0.486. The van der Waals surface area contributed by atoms with Crippen LogP contribution in [-0.4, -0.2) is 93.9 Å². The van der Waals surface area contributed by atoms with Crippen molar-refractivity contribution >= 4 is 11.3 Å². The summed E-state index contributed by atoms with van der Waals surface area (Å²) in [5.41, 5.74) is 4.69. The number of piperidine rings is 2. The molecule has 4 aromatic rings. The third kappa shape index (κ3) is 5.08. The Morgan fingerprint density at radius 1 is 1.00 bits per heavy atom. The van der Waals surface area contributed by atoms with Crippen molar-refractivity contribution in [2.45, 2.75) is 63.2 Å². The highest BCUT2D eigenvalue weighted by Crippen LogP contribution is 2.50. The first kappa shape index (κ1) is 28.3. The zero-order valence-electron chi connectivity index (χ0n) is 26.3. The van der Waals surface area contributed by atoms with Crippen molar-refractivity contribution in [3.63, 3.8) is 0 Å². The molecule has 0 spiro atoms. The summed E-state index contributed by atoms with van der Waals surface area (Å²) < 4.78 is 13.3. The van der Waals surface area contributed by atoms with Crippen LogP contribution in [0.4, 0.5) is 5.82 Å². The van der Waals surface area contributed by atoms with Gasteiger partial charge in [0.15, 0.2) is 0 Å². The van der Waals surface area contributed by atoms with Crippen LogP contribution in [0.1, 0.15) is 43.7 Å². The molecule has 10 nitrogen and oxygen atoms in total. The monoisotopic (exact) mass is 604 g/mol. The Kier molecular flexibility index (Phi) is 6.91. The summed E-state index contributed by atoms with van der Waals surface area (Å²) in [6.07, 6.45) is 13.2. The smallest absolute Gasteiger partial charge is 0.212 e. The Labute approximate surface area is 264 Å². The summed E-state index contributed by atoms with van der Waals surface area (Å²) in [7, 11) is 3.89. The molecule has 0 N–H and O–H groups in total. The van der Waals surface area contributed by atoms with Crippen LogP contribution < -0.4 is 14.4 Å². The lowest BCUT2D eigenvalue weighted by Gasteiger charge is -2.59. The quantitative estimate of drug-likeness (QED) is 0.275. The molecular formula is C35H40N8O2. The molecule has 10 rings (SSSR count). The van der Waals surface area contributed by atoms with Crippen molar-refractivity contribution in [2.75, 3.05) is 45.3 Å². The van der Waals surface area contributed by atoms with Crippen LogP contribution in [0.3, 0.4) is 0 Å². The van der Waals surface area contributed by atoms with Crippen molar-refractivity contribution in [1.82, 2.24) is 29.4 Å². The summed E-state index contributed by atoms with van der Waals surface area (Å²) in [5, 5.41) is 14.3. The van der Waals surface area contributed by atoms with E-state index >= 15 is 0 Å². The summed E-state index contributed by atoms with van der Waals surface area (Å²) in [6, 6.07) is 15.1. The summed E-state index contributed by atoms with van der Waals surface area (Å²) >= 11 is 0. The van der Waals surface area contributed by atoms with E-state index in [1.807, 2.05) is 30.7 Å². The van der Waals surface area contributed by atoms with E-state index in [1.54, 1.807) is 17.8 Å². The van der Waals surface area contributed by atoms with Gasteiger partial charge in [-0.05, 0) is 68.3 Å². The van der Waals surface area contributed by atoms with Gasteiger partial charge in [-0.1, -0.05) is 13.0 Å². The largest absolute Gasteiger partial charge is 0.491 e. The highest BCUT2D eigenvalue weighted by atomic mass is 16.5. The molecule has 1 saturated carbocycles. The van der Waals surface area contributed by atoms with E-state index in [9.17, 15) is 5.26 Å². The highest BCUT2D eigenvalue weighted by Gasteiger charge is 2.50. The number of aromatic nitrogens is 4. The van der Waals surface area contributed by atoms with Crippen molar-refractivity contribution < 1.29 is 9.47 Å². The van der Waals surface area contributed by atoms with E-state index in [0.29, 0.717) is 42.2 Å². The standard InChI is InChI=1S/C35H40N8O2/c1-35(13-23-4-7-33(44-3)38-17-23)14-26-10-27(15-35)43(26)32-6-5-24(18-37-32)31-12-30(22-42-34(31)25(16-36)19-39-42)45-9-8-41-20-28-11-29(21-41)40(28)2/h4-7,12,17-19,22,26-29H,8-11,13-15,20-21H2,1-3H3. The Bertz CT molecular complexity index is 1720. The molecule has 232 valence electrons. The second-order valence-corrected chi connectivity index (χ2v) is 13.8. The molecule has 4 atom stereocenters. The number of rotatable bonds is 9. The van der Waals surface area contributed by atoms with Crippen molar-refractivity contribution in [2.24, 2.45) is 5.41 Å². The summed E-state index contributed by atoms with van der Waals surface area (Å²) in [6.45, 7) is 6.16. The SMILES string of the molecule is COc1ccc(CC2(C)CC3CC(C2)N3c2ccc(-c3cc(OCCN4CC5CC(C4)N5C)cn4ncc(C#N)c34)cn2)cn1. The molecule has 0 amide bonds. The van der Waals surface area contributed by atoms with Crippen molar-refractivity contribution in [1.29, 1.82) is 5.26 Å². The molecule has 0 aromatic carbocycles. The van der Waals surface area contributed by atoms with Crippen LogP contribution in [0.25, 0.3) is 16.6 Å². The normalized spacial score (nSPS) is 27.5. The van der Waals surface area contributed by atoms with Gasteiger partial charge in [0.1, 0.15) is 24.2 Å². The first-order valence-corrected chi connectivity index (χ1v) is 16.1. The maximum atomic E-state index is 9.83. The molecule has 5 saturated heterocycles. The van der Waals surface area contributed by atoms with Gasteiger partial charge in [-0.15, -0.1) is 0 Å². The van der Waals surface area contributed by atoms with Gasteiger partial charge in [-0.3, -0.25) is 9.80 Å². The van der Waals surface area contributed by atoms with E-state index in [4.69, 9.17) is 14.5 Å². The molecule has 4 aromatic heterocycles. The van der Waals surface area contributed by atoms with Crippen molar-refractivity contribution in [3.8, 4) is 28.8 Å². The molecule has 1 aliphatic carbocycles.